The third-order valence-electron chi connectivity index (χ3n) is 3.92. The number of nitro benzene ring substituents is 1. The molecule has 0 spiro atoms. The lowest BCUT2D eigenvalue weighted by Crippen LogP contribution is -2.30. The first-order valence-electron chi connectivity index (χ1n) is 9.08. The smallest absolute Gasteiger partial charge is 0.338 e. The fraction of sp³-hybridized carbons (Fsp3) is 0.263. The molecule has 0 heterocycles. The first kappa shape index (κ1) is 24.1. The van der Waals surface area contributed by atoms with Crippen molar-refractivity contribution in [3.63, 3.8) is 0 Å². The van der Waals surface area contributed by atoms with Crippen LogP contribution >= 0.6 is 11.6 Å². The zero-order valence-corrected chi connectivity index (χ0v) is 18.2. The van der Waals surface area contributed by atoms with Crippen molar-refractivity contribution in [1.82, 2.24) is 0 Å². The first-order valence-corrected chi connectivity index (χ1v) is 11.1. The van der Waals surface area contributed by atoms with E-state index < -0.39 is 32.9 Å². The van der Waals surface area contributed by atoms with E-state index in [2.05, 4.69) is 10.0 Å². The fourth-order valence-corrected chi connectivity index (χ4v) is 3.74. The van der Waals surface area contributed by atoms with Crippen molar-refractivity contribution < 1.29 is 27.7 Å². The number of hydrogen-bond acceptors (Lipinski definition) is 7. The van der Waals surface area contributed by atoms with Crippen LogP contribution in [0.15, 0.2) is 42.5 Å². The monoisotopic (exact) mass is 469 g/mol. The van der Waals surface area contributed by atoms with Crippen LogP contribution in [0.4, 0.5) is 17.1 Å². The summed E-state index contributed by atoms with van der Waals surface area (Å²) in [4.78, 5) is 34.9. The number of carbonyl (C=O) groups is 2. The molecule has 0 saturated carbocycles. The molecule has 0 saturated heterocycles. The zero-order chi connectivity index (χ0) is 23.2. The molecular weight excluding hydrogens is 450 g/mol. The highest BCUT2D eigenvalue weighted by Gasteiger charge is 2.21. The lowest BCUT2D eigenvalue weighted by Gasteiger charge is -2.15. The van der Waals surface area contributed by atoms with Crippen molar-refractivity contribution in [2.45, 2.75) is 26.4 Å². The van der Waals surface area contributed by atoms with E-state index in [1.165, 1.54) is 43.3 Å². The van der Waals surface area contributed by atoms with E-state index in [9.17, 15) is 28.1 Å². The van der Waals surface area contributed by atoms with Gasteiger partial charge in [-0.2, -0.15) is 0 Å². The summed E-state index contributed by atoms with van der Waals surface area (Å²) in [5, 5.41) is 13.3. The number of nitro groups is 1. The summed E-state index contributed by atoms with van der Waals surface area (Å²) in [6.45, 7) is 3.03. The van der Waals surface area contributed by atoms with Crippen LogP contribution in [0.1, 0.15) is 30.6 Å². The van der Waals surface area contributed by atoms with Gasteiger partial charge in [0.25, 0.3) is 11.6 Å². The van der Waals surface area contributed by atoms with Crippen molar-refractivity contribution in [3.05, 3.63) is 63.2 Å². The van der Waals surface area contributed by atoms with Gasteiger partial charge in [0.05, 0.1) is 26.9 Å². The predicted molar refractivity (Wildman–Crippen MR) is 116 cm³/mol. The maximum absolute atomic E-state index is 12.4. The van der Waals surface area contributed by atoms with Crippen LogP contribution in [0.3, 0.4) is 0 Å². The maximum atomic E-state index is 12.4. The van der Waals surface area contributed by atoms with Gasteiger partial charge in [0.1, 0.15) is 0 Å². The highest BCUT2D eigenvalue weighted by atomic mass is 35.5. The summed E-state index contributed by atoms with van der Waals surface area (Å²) in [5.74, 6) is -1.68. The van der Waals surface area contributed by atoms with Crippen molar-refractivity contribution in [1.29, 1.82) is 0 Å². The predicted octanol–water partition coefficient (Wildman–Crippen LogP) is 3.58. The number of amides is 1. The second kappa shape index (κ2) is 10.2. The van der Waals surface area contributed by atoms with Crippen LogP contribution in [0.2, 0.25) is 5.02 Å². The Morgan fingerprint density at radius 2 is 1.94 bits per heavy atom. The van der Waals surface area contributed by atoms with Crippen LogP contribution in [-0.2, 0) is 19.6 Å². The third kappa shape index (κ3) is 6.93. The van der Waals surface area contributed by atoms with E-state index in [0.29, 0.717) is 6.42 Å². The number of halogens is 1. The number of carbonyl (C=O) groups excluding carboxylic acids is 2. The molecule has 10 nitrogen and oxygen atoms in total. The molecule has 1 amide bonds. The number of hydrogen-bond donors (Lipinski definition) is 2. The summed E-state index contributed by atoms with van der Waals surface area (Å²) in [6.07, 6.45) is -0.832. The Morgan fingerprint density at radius 1 is 1.23 bits per heavy atom. The minimum Gasteiger partial charge on any atom is -0.449 e. The van der Waals surface area contributed by atoms with E-state index in [0.717, 1.165) is 6.07 Å². The number of esters is 1. The Morgan fingerprint density at radius 3 is 2.58 bits per heavy atom. The van der Waals surface area contributed by atoms with Crippen molar-refractivity contribution in [2.75, 3.05) is 15.8 Å². The second-order valence-electron chi connectivity index (χ2n) is 6.46. The SMILES string of the molecule is CCCS(=O)(=O)Nc1cccc(C(=O)OC(C)C(=O)Nc2cc([N+](=O)[O-])ccc2Cl)c1. The van der Waals surface area contributed by atoms with E-state index in [1.54, 1.807) is 6.92 Å². The molecule has 0 radical (unpaired) electrons. The molecule has 0 aliphatic heterocycles. The first-order chi connectivity index (χ1) is 14.5. The largest absolute Gasteiger partial charge is 0.449 e. The zero-order valence-electron chi connectivity index (χ0n) is 16.6. The molecule has 2 aromatic carbocycles. The van der Waals surface area contributed by atoms with Gasteiger partial charge in [-0.15, -0.1) is 0 Å². The maximum Gasteiger partial charge on any atom is 0.338 e. The molecule has 1 unspecified atom stereocenters. The minimum atomic E-state index is -3.54. The van der Waals surface area contributed by atoms with Gasteiger partial charge in [0.15, 0.2) is 6.10 Å². The molecule has 0 aliphatic carbocycles. The van der Waals surface area contributed by atoms with E-state index in [-0.39, 0.29) is 33.4 Å². The molecule has 31 heavy (non-hydrogen) atoms. The van der Waals surface area contributed by atoms with Gasteiger partial charge in [-0.1, -0.05) is 24.6 Å². The number of ether oxygens (including phenoxy) is 1. The molecule has 2 N–H and O–H groups in total. The Balaban J connectivity index is 2.07. The van der Waals surface area contributed by atoms with Crippen molar-refractivity contribution >= 4 is 50.6 Å². The third-order valence-corrected chi connectivity index (χ3v) is 5.74. The van der Waals surface area contributed by atoms with Crippen molar-refractivity contribution in [2.24, 2.45) is 0 Å². The van der Waals surface area contributed by atoms with Crippen LogP contribution in [0, 0.1) is 10.1 Å². The molecule has 0 aromatic heterocycles. The average molecular weight is 470 g/mol. The summed E-state index contributed by atoms with van der Waals surface area (Å²) in [7, 11) is -3.54. The number of non-ortho nitro benzene ring substituents is 1. The van der Waals surface area contributed by atoms with Gasteiger partial charge in [-0.25, -0.2) is 13.2 Å². The standard InChI is InChI=1S/C19H20ClN3O7S/c1-3-9-31(28,29)22-14-6-4-5-13(10-14)19(25)30-12(2)18(24)21-17-11-15(23(26)27)7-8-16(17)20/h4-8,10-12,22H,3,9H2,1-2H3,(H,21,24). The topological polar surface area (TPSA) is 145 Å². The summed E-state index contributed by atoms with van der Waals surface area (Å²) < 4.78 is 31.2. The lowest BCUT2D eigenvalue weighted by atomic mass is 10.2. The quantitative estimate of drug-likeness (QED) is 0.324. The van der Waals surface area contributed by atoms with Crippen LogP contribution in [0.25, 0.3) is 0 Å². The summed E-state index contributed by atoms with van der Waals surface area (Å²) in [6, 6.07) is 9.17. The normalized spacial score (nSPS) is 12.0. The number of rotatable bonds is 9. The summed E-state index contributed by atoms with van der Waals surface area (Å²) >= 11 is 5.94. The number of nitrogens with zero attached hydrogens (tertiary/aromatic N) is 1. The number of anilines is 2. The van der Waals surface area contributed by atoms with Gasteiger partial charge < -0.3 is 10.1 Å². The van der Waals surface area contributed by atoms with E-state index in [1.807, 2.05) is 0 Å². The van der Waals surface area contributed by atoms with Crippen LogP contribution in [-0.4, -0.2) is 37.1 Å². The fourth-order valence-electron chi connectivity index (χ4n) is 2.45. The van der Waals surface area contributed by atoms with Gasteiger partial charge in [-0.3, -0.25) is 19.6 Å². The summed E-state index contributed by atoms with van der Waals surface area (Å²) in [5.41, 5.74) is -0.0594. The second-order valence-corrected chi connectivity index (χ2v) is 8.71. The Labute approximate surface area is 183 Å². The van der Waals surface area contributed by atoms with Gasteiger partial charge in [-0.05, 0) is 37.6 Å². The highest BCUT2D eigenvalue weighted by molar-refractivity contribution is 7.92. The molecule has 2 aromatic rings. The Hall–Kier alpha value is -3.18. The minimum absolute atomic E-state index is 0.00362. The number of sulfonamides is 1. The van der Waals surface area contributed by atoms with Crippen molar-refractivity contribution in [3.8, 4) is 0 Å². The van der Waals surface area contributed by atoms with Crippen LogP contribution in [0.5, 0.6) is 0 Å². The number of benzene rings is 2. The van der Waals surface area contributed by atoms with Gasteiger partial charge >= 0.3 is 5.97 Å². The highest BCUT2D eigenvalue weighted by Crippen LogP contribution is 2.27. The average Bonchev–Trinajstić information content (AvgIpc) is 2.69. The Bertz CT molecular complexity index is 1110. The molecule has 2 rings (SSSR count). The molecule has 0 aliphatic rings. The molecule has 0 bridgehead atoms. The lowest BCUT2D eigenvalue weighted by molar-refractivity contribution is -0.384. The van der Waals surface area contributed by atoms with E-state index >= 15 is 0 Å². The molecular formula is C19H20ClN3O7S. The Kier molecular flexibility index (Phi) is 7.95. The number of nitrogens with one attached hydrogen (secondary N) is 2. The molecule has 166 valence electrons. The molecule has 12 heteroatoms. The van der Waals surface area contributed by atoms with Crippen LogP contribution < -0.4 is 10.0 Å². The molecule has 0 fully saturated rings. The van der Waals surface area contributed by atoms with Gasteiger partial charge in [0.2, 0.25) is 10.0 Å². The van der Waals surface area contributed by atoms with Gasteiger partial charge in [0, 0.05) is 17.8 Å². The van der Waals surface area contributed by atoms with E-state index in [4.69, 9.17) is 16.3 Å². The molecule has 1 atom stereocenters.